The Kier molecular flexibility index (Phi) is 11.7. The zero-order valence-electron chi connectivity index (χ0n) is 34.5. The van der Waals surface area contributed by atoms with E-state index >= 15 is 0 Å². The zero-order chi connectivity index (χ0) is 41.6. The highest BCUT2D eigenvalue weighted by Crippen LogP contribution is 2.48. The number of hydrogen-bond donors (Lipinski definition) is 3. The largest absolute Gasteiger partial charge is 0.488 e. The maximum atomic E-state index is 14.7. The van der Waals surface area contributed by atoms with Crippen molar-refractivity contribution in [3.05, 3.63) is 40.5 Å². The zero-order valence-corrected chi connectivity index (χ0v) is 36.2. The van der Waals surface area contributed by atoms with Crippen LogP contribution in [0.4, 0.5) is 4.79 Å². The first kappa shape index (κ1) is 42.1. The monoisotopic (exact) mass is 838 g/mol. The van der Waals surface area contributed by atoms with Gasteiger partial charge in [0.05, 0.1) is 17.0 Å². The molecule has 0 spiro atoms. The van der Waals surface area contributed by atoms with E-state index < -0.39 is 73.8 Å². The van der Waals surface area contributed by atoms with E-state index in [-0.39, 0.29) is 25.3 Å². The van der Waals surface area contributed by atoms with E-state index in [9.17, 15) is 27.6 Å². The lowest BCUT2D eigenvalue weighted by atomic mass is 9.95. The Balaban J connectivity index is 1.21. The number of nitrogens with one attached hydrogen (secondary N) is 3. The molecule has 2 saturated carbocycles. The Morgan fingerprint density at radius 1 is 1.07 bits per heavy atom. The second-order valence-electron chi connectivity index (χ2n) is 18.3. The van der Waals surface area contributed by atoms with Gasteiger partial charge in [-0.3, -0.25) is 19.1 Å². The molecule has 0 aromatic carbocycles. The minimum Gasteiger partial charge on any atom is -0.488 e. The van der Waals surface area contributed by atoms with Crippen molar-refractivity contribution in [1.29, 1.82) is 0 Å². The van der Waals surface area contributed by atoms with Crippen LogP contribution < -0.4 is 20.1 Å². The lowest BCUT2D eigenvalue weighted by molar-refractivity contribution is -0.141. The van der Waals surface area contributed by atoms with Crippen molar-refractivity contribution in [1.82, 2.24) is 30.2 Å². The molecule has 0 unspecified atom stereocenters. The van der Waals surface area contributed by atoms with Crippen molar-refractivity contribution in [2.75, 3.05) is 6.54 Å². The molecule has 14 nitrogen and oxygen atoms in total. The maximum absolute atomic E-state index is 14.7. The molecule has 316 valence electrons. The van der Waals surface area contributed by atoms with Crippen LogP contribution in [-0.2, 0) is 42.0 Å². The average Bonchev–Trinajstić information content (AvgIpc) is 3.92. The van der Waals surface area contributed by atoms with Gasteiger partial charge in [-0.15, -0.1) is 11.3 Å². The molecule has 4 amide bonds. The smallest absolute Gasteiger partial charge is 0.408 e. The predicted molar refractivity (Wildman–Crippen MR) is 220 cm³/mol. The normalized spacial score (nSPS) is 27.8. The SMILES string of the molecule is CC(C)c1csc(-c2cc(O[C@@H]3C[C@H]4C(=O)N[C@]5(C(=O)NS(=O)(=O)C6(C)CC6)C[C@H]5/C=C\CCCCC[C@H](NC(=O)OC(C)(C)C)C(=O)N4C3)c3c(n2)CCCC3)n1. The summed E-state index contributed by atoms with van der Waals surface area (Å²) in [6.07, 6.45) is 10.5. The second-order valence-corrected chi connectivity index (χ2v) is 21.3. The fourth-order valence-electron chi connectivity index (χ4n) is 8.13. The lowest BCUT2D eigenvalue weighted by Crippen LogP contribution is -2.58. The third-order valence-electron chi connectivity index (χ3n) is 12.1. The first-order valence-corrected chi connectivity index (χ1v) is 23.2. The van der Waals surface area contributed by atoms with Crippen LogP contribution in [0.2, 0.25) is 0 Å². The number of aryl methyl sites for hydroxylation is 1. The van der Waals surface area contributed by atoms with Crippen molar-refractivity contribution in [2.24, 2.45) is 5.92 Å². The van der Waals surface area contributed by atoms with Crippen LogP contribution in [0.15, 0.2) is 23.6 Å². The van der Waals surface area contributed by atoms with Gasteiger partial charge in [0.25, 0.3) is 5.91 Å². The van der Waals surface area contributed by atoms with E-state index in [2.05, 4.69) is 29.2 Å². The molecular formula is C42H58N6O8S2. The van der Waals surface area contributed by atoms with Crippen LogP contribution in [0, 0.1) is 5.92 Å². The van der Waals surface area contributed by atoms with Gasteiger partial charge in [-0.1, -0.05) is 38.8 Å². The number of hydrogen-bond acceptors (Lipinski definition) is 11. The van der Waals surface area contributed by atoms with Crippen LogP contribution in [0.3, 0.4) is 0 Å². The Labute approximate surface area is 345 Å². The summed E-state index contributed by atoms with van der Waals surface area (Å²) in [4.78, 5) is 67.7. The molecule has 0 radical (unpaired) electrons. The molecule has 3 fully saturated rings. The quantitative estimate of drug-likeness (QED) is 0.273. The second kappa shape index (κ2) is 16.2. The maximum Gasteiger partial charge on any atom is 0.408 e. The Morgan fingerprint density at radius 3 is 2.53 bits per heavy atom. The third kappa shape index (κ3) is 9.07. The molecule has 5 atom stereocenters. The number of carbonyl (C=O) groups is 4. The van der Waals surface area contributed by atoms with E-state index in [0.29, 0.717) is 43.5 Å². The van der Waals surface area contributed by atoms with Crippen molar-refractivity contribution < 1.29 is 37.1 Å². The summed E-state index contributed by atoms with van der Waals surface area (Å²) in [7, 11) is -3.99. The van der Waals surface area contributed by atoms with E-state index in [4.69, 9.17) is 19.4 Å². The van der Waals surface area contributed by atoms with Gasteiger partial charge >= 0.3 is 6.09 Å². The van der Waals surface area contributed by atoms with Crippen LogP contribution in [-0.4, -0.2) is 87.7 Å². The van der Waals surface area contributed by atoms with Crippen molar-refractivity contribution in [3.8, 4) is 16.5 Å². The number of alkyl carbamates (subject to hydrolysis) is 1. The molecule has 3 aliphatic carbocycles. The molecule has 16 heteroatoms. The van der Waals surface area contributed by atoms with Gasteiger partial charge in [0.2, 0.25) is 21.8 Å². The summed E-state index contributed by atoms with van der Waals surface area (Å²) >= 11 is 1.53. The third-order valence-corrected chi connectivity index (χ3v) is 15.1. The number of aromatic nitrogens is 2. The van der Waals surface area contributed by atoms with E-state index in [0.717, 1.165) is 60.5 Å². The van der Waals surface area contributed by atoms with Crippen molar-refractivity contribution >= 4 is 45.2 Å². The standard InChI is InChI=1S/C42H58N6O8S2/c1-25(2)32-24-57-36(44-32)31-21-34(28-15-12-13-16-29(28)43-31)55-27-20-33-35(49)46-42(38(51)47-58(53,54)41(6)18-19-41)22-26(42)14-10-8-7-9-11-17-30(37(50)48(33)23-27)45-39(52)56-40(3,4)5/h10,14,21,24-27,30,33H,7-9,11-13,15-20,22-23H2,1-6H3,(H,45,52)(H,46,49)(H,47,51)/b14-10-/t26-,27-,30+,33+,42-/m1/s1. The molecule has 0 bridgehead atoms. The molecular weight excluding hydrogens is 781 g/mol. The summed E-state index contributed by atoms with van der Waals surface area (Å²) in [6.45, 7) is 11.1. The van der Waals surface area contributed by atoms with Gasteiger partial charge < -0.3 is 25.0 Å². The first-order valence-electron chi connectivity index (χ1n) is 20.9. The number of amides is 4. The number of nitrogens with zero attached hydrogens (tertiary/aromatic N) is 3. The van der Waals surface area contributed by atoms with Crippen LogP contribution >= 0.6 is 11.3 Å². The van der Waals surface area contributed by atoms with E-state index in [1.165, 1.54) is 16.2 Å². The summed E-state index contributed by atoms with van der Waals surface area (Å²) in [6, 6.07) is -0.151. The van der Waals surface area contributed by atoms with E-state index in [1.807, 2.05) is 23.6 Å². The average molecular weight is 839 g/mol. The van der Waals surface area contributed by atoms with Gasteiger partial charge in [-0.2, -0.15) is 0 Å². The minimum absolute atomic E-state index is 0.0415. The number of thiazole rings is 1. The molecule has 4 heterocycles. The van der Waals surface area contributed by atoms with Gasteiger partial charge in [-0.05, 0) is 97.8 Å². The Morgan fingerprint density at radius 2 is 1.83 bits per heavy atom. The predicted octanol–water partition coefficient (Wildman–Crippen LogP) is 5.84. The van der Waals surface area contributed by atoms with Crippen LogP contribution in [0.1, 0.15) is 135 Å². The first-order chi connectivity index (χ1) is 27.4. The van der Waals surface area contributed by atoms with Gasteiger partial charge in [0.15, 0.2) is 0 Å². The Bertz CT molecular complexity index is 2070. The molecule has 58 heavy (non-hydrogen) atoms. The van der Waals surface area contributed by atoms with Crippen molar-refractivity contribution in [2.45, 2.75) is 165 Å². The van der Waals surface area contributed by atoms with Crippen LogP contribution in [0.25, 0.3) is 10.7 Å². The van der Waals surface area contributed by atoms with Gasteiger partial charge in [0.1, 0.15) is 45.8 Å². The molecule has 2 aromatic heterocycles. The Hall–Kier alpha value is -4.05. The van der Waals surface area contributed by atoms with Gasteiger partial charge in [-0.25, -0.2) is 23.2 Å². The summed E-state index contributed by atoms with van der Waals surface area (Å²) in [5.74, 6) is -1.34. The molecule has 2 aliphatic heterocycles. The highest BCUT2D eigenvalue weighted by atomic mass is 32.2. The fraction of sp³-hybridized carbons (Fsp3) is 0.667. The molecule has 7 rings (SSSR count). The molecule has 1 saturated heterocycles. The molecule has 3 N–H and O–H groups in total. The lowest BCUT2D eigenvalue weighted by Gasteiger charge is -2.30. The van der Waals surface area contributed by atoms with Crippen LogP contribution in [0.5, 0.6) is 5.75 Å². The number of pyridine rings is 1. The highest BCUT2D eigenvalue weighted by molar-refractivity contribution is 7.91. The van der Waals surface area contributed by atoms with Crippen molar-refractivity contribution in [3.63, 3.8) is 0 Å². The fourth-order valence-corrected chi connectivity index (χ4v) is 10.4. The minimum atomic E-state index is -3.99. The van der Waals surface area contributed by atoms with E-state index in [1.54, 1.807) is 27.7 Å². The summed E-state index contributed by atoms with van der Waals surface area (Å²) < 4.78 is 40.1. The molecule has 5 aliphatic rings. The number of ether oxygens (including phenoxy) is 2. The summed E-state index contributed by atoms with van der Waals surface area (Å²) in [5, 5.41) is 8.57. The number of fused-ring (bicyclic) bond motifs is 3. The number of rotatable bonds is 8. The molecule has 2 aromatic rings. The van der Waals surface area contributed by atoms with Gasteiger partial charge in [0, 0.05) is 35.0 Å². The number of sulfonamides is 1. The summed E-state index contributed by atoms with van der Waals surface area (Å²) in [5.41, 5.74) is 1.36. The number of allylic oxidation sites excluding steroid dienone is 1. The topological polar surface area (TPSA) is 186 Å². The number of carbonyl (C=O) groups excluding carboxylic acids is 4. The highest BCUT2D eigenvalue weighted by Gasteiger charge is 2.63.